The van der Waals surface area contributed by atoms with Crippen molar-refractivity contribution in [3.63, 3.8) is 0 Å². The molecule has 0 amide bonds. The zero-order chi connectivity index (χ0) is 16.1. The van der Waals surface area contributed by atoms with E-state index in [2.05, 4.69) is 99.6 Å². The Morgan fingerprint density at radius 1 is 0.565 bits per heavy atom. The lowest BCUT2D eigenvalue weighted by molar-refractivity contribution is 0.740. The van der Waals surface area contributed by atoms with Crippen LogP contribution in [0.3, 0.4) is 0 Å². The first-order valence-corrected chi connectivity index (χ1v) is 10.3. The lowest BCUT2D eigenvalue weighted by Crippen LogP contribution is -2.70. The average molecular weight is 315 g/mol. The van der Waals surface area contributed by atoms with Crippen LogP contribution in [0, 0.1) is 0 Å². The number of hydrogen-bond donors (Lipinski definition) is 0. The summed E-state index contributed by atoms with van der Waals surface area (Å²) in [6.45, 7) is 7.27. The van der Waals surface area contributed by atoms with Gasteiger partial charge in [0.15, 0.2) is 8.07 Å². The molecule has 0 aromatic heterocycles. The van der Waals surface area contributed by atoms with E-state index >= 15 is 0 Å². The smallest absolute Gasteiger partial charge is 0.0624 e. The predicted molar refractivity (Wildman–Crippen MR) is 103 cm³/mol. The van der Waals surface area contributed by atoms with E-state index in [4.69, 9.17) is 0 Å². The molecule has 0 saturated carbocycles. The van der Waals surface area contributed by atoms with Gasteiger partial charge in [0.05, 0.1) is 0 Å². The molecular weight excluding hydrogens is 292 g/mol. The molecule has 0 atom stereocenters. The van der Waals surface area contributed by atoms with E-state index in [1.54, 1.807) is 10.4 Å². The topological polar surface area (TPSA) is 0 Å². The molecule has 1 heterocycles. The average Bonchev–Trinajstić information content (AvgIpc) is 2.87. The molecule has 0 spiro atoms. The molecule has 0 aliphatic carbocycles. The van der Waals surface area contributed by atoms with E-state index in [1.165, 1.54) is 16.3 Å². The van der Waals surface area contributed by atoms with Gasteiger partial charge in [-0.1, -0.05) is 99.6 Å². The van der Waals surface area contributed by atoms with Gasteiger partial charge in [0, 0.05) is 0 Å². The standard InChI is InChI=1S/C22H22Si/c1-22(2,3)23(17-11-5-4-6-12-17)20-15-9-7-13-18(20)19-14-8-10-16-21(19)23/h4-16H,1-3H3. The summed E-state index contributed by atoms with van der Waals surface area (Å²) in [5.41, 5.74) is 2.88. The Bertz CT molecular complexity index is 811. The molecule has 0 saturated heterocycles. The molecule has 0 N–H and O–H groups in total. The summed E-state index contributed by atoms with van der Waals surface area (Å²) in [5.74, 6) is 0. The van der Waals surface area contributed by atoms with E-state index in [-0.39, 0.29) is 5.04 Å². The number of hydrogen-bond acceptors (Lipinski definition) is 0. The second-order valence-corrected chi connectivity index (χ2v) is 12.1. The van der Waals surface area contributed by atoms with Gasteiger partial charge in [-0.05, 0) is 31.7 Å². The predicted octanol–water partition coefficient (Wildman–Crippen LogP) is 3.94. The van der Waals surface area contributed by atoms with Gasteiger partial charge in [0.25, 0.3) is 0 Å². The van der Waals surface area contributed by atoms with Crippen LogP contribution in [0.2, 0.25) is 5.04 Å². The summed E-state index contributed by atoms with van der Waals surface area (Å²) >= 11 is 0. The van der Waals surface area contributed by atoms with Crippen LogP contribution in [-0.2, 0) is 0 Å². The molecule has 0 unspecified atom stereocenters. The first-order chi connectivity index (χ1) is 11.1. The SMILES string of the molecule is CC(C)(C)[Si]1(c2ccccc2)c2ccccc2-c2ccccc21. The molecule has 114 valence electrons. The first kappa shape index (κ1) is 14.5. The quantitative estimate of drug-likeness (QED) is 0.597. The zero-order valence-corrected chi connectivity index (χ0v) is 15.0. The van der Waals surface area contributed by atoms with Gasteiger partial charge in [-0.25, -0.2) is 0 Å². The van der Waals surface area contributed by atoms with Crippen molar-refractivity contribution in [2.75, 3.05) is 0 Å². The molecule has 23 heavy (non-hydrogen) atoms. The van der Waals surface area contributed by atoms with Gasteiger partial charge in [-0.15, -0.1) is 0 Å². The van der Waals surface area contributed by atoms with E-state index in [0.717, 1.165) is 0 Å². The highest BCUT2D eigenvalue weighted by Crippen LogP contribution is 2.42. The molecule has 3 aromatic carbocycles. The molecule has 0 fully saturated rings. The monoisotopic (exact) mass is 314 g/mol. The van der Waals surface area contributed by atoms with Gasteiger partial charge in [0.1, 0.15) is 0 Å². The van der Waals surface area contributed by atoms with Crippen molar-refractivity contribution in [3.8, 4) is 11.1 Å². The third-order valence-corrected chi connectivity index (χ3v) is 11.2. The highest BCUT2D eigenvalue weighted by Gasteiger charge is 2.54. The van der Waals surface area contributed by atoms with Crippen molar-refractivity contribution >= 4 is 23.6 Å². The Morgan fingerprint density at radius 3 is 1.48 bits per heavy atom. The van der Waals surface area contributed by atoms with Crippen LogP contribution in [-0.4, -0.2) is 8.07 Å². The molecule has 1 aliphatic heterocycles. The van der Waals surface area contributed by atoms with Crippen LogP contribution < -0.4 is 15.6 Å². The minimum atomic E-state index is -2.05. The van der Waals surface area contributed by atoms with Crippen LogP contribution in [0.4, 0.5) is 0 Å². The van der Waals surface area contributed by atoms with Crippen LogP contribution >= 0.6 is 0 Å². The van der Waals surface area contributed by atoms with Crippen LogP contribution in [0.25, 0.3) is 11.1 Å². The van der Waals surface area contributed by atoms with Gasteiger partial charge >= 0.3 is 0 Å². The van der Waals surface area contributed by atoms with Crippen molar-refractivity contribution < 1.29 is 0 Å². The van der Waals surface area contributed by atoms with Crippen LogP contribution in [0.5, 0.6) is 0 Å². The van der Waals surface area contributed by atoms with E-state index < -0.39 is 8.07 Å². The fourth-order valence-electron chi connectivity index (χ4n) is 4.48. The lowest BCUT2D eigenvalue weighted by Gasteiger charge is -2.42. The summed E-state index contributed by atoms with van der Waals surface area (Å²) in [6, 6.07) is 29.3. The second kappa shape index (κ2) is 4.94. The minimum absolute atomic E-state index is 0.205. The van der Waals surface area contributed by atoms with E-state index in [1.807, 2.05) is 0 Å². The highest BCUT2D eigenvalue weighted by molar-refractivity contribution is 7.15. The van der Waals surface area contributed by atoms with Crippen molar-refractivity contribution in [3.05, 3.63) is 78.9 Å². The Labute approximate surface area is 139 Å². The molecule has 1 aliphatic rings. The molecule has 4 rings (SSSR count). The number of benzene rings is 3. The fourth-order valence-corrected chi connectivity index (χ4v) is 10.5. The maximum Gasteiger partial charge on any atom is 0.155 e. The Balaban J connectivity index is 2.19. The fraction of sp³-hybridized carbons (Fsp3) is 0.182. The van der Waals surface area contributed by atoms with Gasteiger partial charge in [0.2, 0.25) is 0 Å². The zero-order valence-electron chi connectivity index (χ0n) is 14.0. The van der Waals surface area contributed by atoms with Crippen molar-refractivity contribution in [1.29, 1.82) is 0 Å². The summed E-state index contributed by atoms with van der Waals surface area (Å²) < 4.78 is 0. The lowest BCUT2D eigenvalue weighted by atomic mass is 10.1. The van der Waals surface area contributed by atoms with Gasteiger partial charge < -0.3 is 0 Å². The molecule has 0 bridgehead atoms. The third-order valence-electron chi connectivity index (χ3n) is 5.28. The summed E-state index contributed by atoms with van der Waals surface area (Å²) in [6.07, 6.45) is 0. The molecule has 0 nitrogen and oxygen atoms in total. The third kappa shape index (κ3) is 1.83. The summed E-state index contributed by atoms with van der Waals surface area (Å²) in [4.78, 5) is 0. The van der Waals surface area contributed by atoms with Crippen LogP contribution in [0.15, 0.2) is 78.9 Å². The molecule has 0 radical (unpaired) electrons. The van der Waals surface area contributed by atoms with E-state index in [9.17, 15) is 0 Å². The molecule has 1 heteroatoms. The van der Waals surface area contributed by atoms with E-state index in [0.29, 0.717) is 0 Å². The van der Waals surface area contributed by atoms with Gasteiger partial charge in [-0.2, -0.15) is 0 Å². The first-order valence-electron chi connectivity index (χ1n) is 8.32. The van der Waals surface area contributed by atoms with Crippen molar-refractivity contribution in [1.82, 2.24) is 0 Å². The summed E-state index contributed by atoms with van der Waals surface area (Å²) in [7, 11) is -2.05. The highest BCUT2D eigenvalue weighted by atomic mass is 28.3. The van der Waals surface area contributed by atoms with Crippen molar-refractivity contribution in [2.45, 2.75) is 25.8 Å². The second-order valence-electron chi connectivity index (χ2n) is 7.46. The Kier molecular flexibility index (Phi) is 3.11. The van der Waals surface area contributed by atoms with Crippen LogP contribution in [0.1, 0.15) is 20.8 Å². The van der Waals surface area contributed by atoms with Crippen molar-refractivity contribution in [2.24, 2.45) is 0 Å². The largest absolute Gasteiger partial charge is 0.155 e. The Morgan fingerprint density at radius 2 is 1.00 bits per heavy atom. The summed E-state index contributed by atoms with van der Waals surface area (Å²) in [5, 5.41) is 4.86. The number of fused-ring (bicyclic) bond motifs is 3. The molecule has 3 aromatic rings. The number of rotatable bonds is 1. The maximum atomic E-state index is 2.42. The normalized spacial score (nSPS) is 15.1. The minimum Gasteiger partial charge on any atom is -0.0624 e. The Hall–Kier alpha value is -2.12. The molecular formula is C22H22Si. The van der Waals surface area contributed by atoms with Gasteiger partial charge in [-0.3, -0.25) is 0 Å². The maximum absolute atomic E-state index is 2.42.